The molecule has 0 radical (unpaired) electrons. The van der Waals surface area contributed by atoms with Gasteiger partial charge in [-0.3, -0.25) is 15.0 Å². The molecular formula is C17H24N4O3. The molecule has 1 aromatic rings. The van der Waals surface area contributed by atoms with E-state index >= 15 is 0 Å². The first-order valence-corrected chi connectivity index (χ1v) is 7.92. The molecule has 2 N–H and O–H groups in total. The molecule has 1 aromatic carbocycles. The Morgan fingerprint density at radius 1 is 1.33 bits per heavy atom. The summed E-state index contributed by atoms with van der Waals surface area (Å²) in [6, 6.07) is 5.35. The summed E-state index contributed by atoms with van der Waals surface area (Å²) in [6.45, 7) is 7.45. The lowest BCUT2D eigenvalue weighted by Gasteiger charge is -2.23. The van der Waals surface area contributed by atoms with Gasteiger partial charge in [-0.2, -0.15) is 5.01 Å². The molecule has 1 heterocycles. The zero-order chi connectivity index (χ0) is 18.1. The Hall–Kier alpha value is -2.57. The number of imide groups is 1. The van der Waals surface area contributed by atoms with Gasteiger partial charge in [-0.05, 0) is 38.8 Å². The second kappa shape index (κ2) is 6.51. The van der Waals surface area contributed by atoms with Gasteiger partial charge in [0.25, 0.3) is 11.8 Å². The summed E-state index contributed by atoms with van der Waals surface area (Å²) >= 11 is 0. The van der Waals surface area contributed by atoms with Crippen LogP contribution in [-0.2, 0) is 9.59 Å². The number of nitrogens with one attached hydrogen (secondary N) is 2. The predicted molar refractivity (Wildman–Crippen MR) is 91.4 cm³/mol. The fourth-order valence-corrected chi connectivity index (χ4v) is 2.72. The van der Waals surface area contributed by atoms with Crippen molar-refractivity contribution < 1.29 is 14.4 Å². The molecule has 1 fully saturated rings. The number of amides is 4. The average Bonchev–Trinajstić information content (AvgIpc) is 2.71. The number of benzene rings is 1. The molecule has 7 nitrogen and oxygen atoms in total. The molecule has 7 heteroatoms. The summed E-state index contributed by atoms with van der Waals surface area (Å²) in [6.07, 6.45) is 0.451. The molecule has 1 unspecified atom stereocenters. The Balaban J connectivity index is 2.03. The molecule has 0 aliphatic carbocycles. The van der Waals surface area contributed by atoms with Gasteiger partial charge in [-0.25, -0.2) is 4.79 Å². The SMILES string of the molecule is CCC1(C)NC(=O)N(NC(=O)CN(C)c2ccc(C)cc2C)C1=O. The Morgan fingerprint density at radius 2 is 2.00 bits per heavy atom. The van der Waals surface area contributed by atoms with Crippen LogP contribution in [0.2, 0.25) is 0 Å². The van der Waals surface area contributed by atoms with E-state index in [9.17, 15) is 14.4 Å². The highest BCUT2D eigenvalue weighted by Gasteiger charge is 2.47. The molecule has 0 spiro atoms. The molecule has 4 amide bonds. The number of hydrazine groups is 1. The summed E-state index contributed by atoms with van der Waals surface area (Å²) in [5, 5.41) is 3.36. The number of likely N-dealkylation sites (N-methyl/N-ethyl adjacent to an activating group) is 1. The smallest absolute Gasteiger partial charge is 0.344 e. The number of hydrogen-bond donors (Lipinski definition) is 2. The summed E-state index contributed by atoms with van der Waals surface area (Å²) in [5.41, 5.74) is 4.54. The first-order chi connectivity index (χ1) is 11.2. The maximum atomic E-state index is 12.3. The maximum absolute atomic E-state index is 12.3. The minimum Gasteiger partial charge on any atom is -0.365 e. The molecule has 2 rings (SSSR count). The minimum absolute atomic E-state index is 0.0315. The molecule has 1 atom stereocenters. The number of rotatable bonds is 5. The third kappa shape index (κ3) is 3.34. The lowest BCUT2D eigenvalue weighted by atomic mass is 10.00. The minimum atomic E-state index is -0.968. The lowest BCUT2D eigenvalue weighted by molar-refractivity contribution is -0.138. The van der Waals surface area contributed by atoms with E-state index in [0.29, 0.717) is 6.42 Å². The highest BCUT2D eigenvalue weighted by molar-refractivity contribution is 6.07. The number of aryl methyl sites for hydroxylation is 2. The van der Waals surface area contributed by atoms with Crippen LogP contribution in [0.25, 0.3) is 0 Å². The van der Waals surface area contributed by atoms with Crippen LogP contribution in [-0.4, -0.2) is 42.0 Å². The fourth-order valence-electron chi connectivity index (χ4n) is 2.72. The van der Waals surface area contributed by atoms with E-state index in [4.69, 9.17) is 0 Å². The molecule has 1 saturated heterocycles. The van der Waals surface area contributed by atoms with Gasteiger partial charge in [0.1, 0.15) is 5.54 Å². The van der Waals surface area contributed by atoms with E-state index < -0.39 is 23.4 Å². The Labute approximate surface area is 142 Å². The Kier molecular flexibility index (Phi) is 4.82. The Bertz CT molecular complexity index is 688. The fraction of sp³-hybridized carbons (Fsp3) is 0.471. The monoisotopic (exact) mass is 332 g/mol. The number of hydrogen-bond acceptors (Lipinski definition) is 4. The molecule has 0 aromatic heterocycles. The summed E-state index contributed by atoms with van der Waals surface area (Å²) in [7, 11) is 1.79. The van der Waals surface area contributed by atoms with Gasteiger partial charge in [0, 0.05) is 12.7 Å². The largest absolute Gasteiger partial charge is 0.365 e. The lowest BCUT2D eigenvalue weighted by Crippen LogP contribution is -2.50. The number of carbonyl (C=O) groups excluding carboxylic acids is 3. The van der Waals surface area contributed by atoms with Crippen LogP contribution in [0.15, 0.2) is 18.2 Å². The van der Waals surface area contributed by atoms with Crippen molar-refractivity contribution >= 4 is 23.5 Å². The standard InChI is InChI=1S/C17H24N4O3/c1-6-17(4)15(23)21(16(24)18-17)19-14(22)10-20(5)13-8-7-11(2)9-12(13)3/h7-9H,6,10H2,1-5H3,(H,18,24)(H,19,22). The molecule has 24 heavy (non-hydrogen) atoms. The summed E-state index contributed by atoms with van der Waals surface area (Å²) < 4.78 is 0. The van der Waals surface area contributed by atoms with Crippen LogP contribution in [0.4, 0.5) is 10.5 Å². The maximum Gasteiger partial charge on any atom is 0.344 e. The summed E-state index contributed by atoms with van der Waals surface area (Å²) in [4.78, 5) is 38.2. The van der Waals surface area contributed by atoms with Crippen LogP contribution in [0, 0.1) is 13.8 Å². The van der Waals surface area contributed by atoms with Crippen LogP contribution >= 0.6 is 0 Å². The molecule has 130 valence electrons. The van der Waals surface area contributed by atoms with E-state index in [1.807, 2.05) is 32.0 Å². The zero-order valence-corrected chi connectivity index (χ0v) is 14.8. The van der Waals surface area contributed by atoms with E-state index in [1.165, 1.54) is 0 Å². The summed E-state index contributed by atoms with van der Waals surface area (Å²) in [5.74, 6) is -0.876. The van der Waals surface area contributed by atoms with Gasteiger partial charge >= 0.3 is 6.03 Å². The van der Waals surface area contributed by atoms with Crippen molar-refractivity contribution in [2.75, 3.05) is 18.5 Å². The van der Waals surface area contributed by atoms with E-state index in [2.05, 4.69) is 10.7 Å². The number of urea groups is 1. The zero-order valence-electron chi connectivity index (χ0n) is 14.8. The molecule has 1 aliphatic rings. The van der Waals surface area contributed by atoms with E-state index in [1.54, 1.807) is 25.8 Å². The number of anilines is 1. The van der Waals surface area contributed by atoms with Crippen molar-refractivity contribution in [1.29, 1.82) is 0 Å². The van der Waals surface area contributed by atoms with Gasteiger partial charge < -0.3 is 10.2 Å². The number of carbonyl (C=O) groups is 3. The quantitative estimate of drug-likeness (QED) is 0.801. The van der Waals surface area contributed by atoms with Crippen LogP contribution < -0.4 is 15.6 Å². The van der Waals surface area contributed by atoms with Crippen molar-refractivity contribution in [3.63, 3.8) is 0 Å². The topological polar surface area (TPSA) is 81.8 Å². The van der Waals surface area contributed by atoms with Gasteiger partial charge in [-0.1, -0.05) is 24.6 Å². The van der Waals surface area contributed by atoms with Crippen molar-refractivity contribution in [2.45, 2.75) is 39.7 Å². The average molecular weight is 332 g/mol. The third-order valence-corrected chi connectivity index (χ3v) is 4.35. The molecule has 1 aliphatic heterocycles. The van der Waals surface area contributed by atoms with E-state index in [-0.39, 0.29) is 6.54 Å². The van der Waals surface area contributed by atoms with Crippen molar-refractivity contribution in [3.8, 4) is 0 Å². The van der Waals surface area contributed by atoms with Crippen LogP contribution in [0.3, 0.4) is 0 Å². The normalized spacial score (nSPS) is 20.1. The highest BCUT2D eigenvalue weighted by Crippen LogP contribution is 2.21. The molecule has 0 bridgehead atoms. The highest BCUT2D eigenvalue weighted by atomic mass is 16.2. The number of nitrogens with zero attached hydrogens (tertiary/aromatic N) is 2. The Morgan fingerprint density at radius 3 is 2.54 bits per heavy atom. The third-order valence-electron chi connectivity index (χ3n) is 4.35. The second-order valence-electron chi connectivity index (χ2n) is 6.44. The predicted octanol–water partition coefficient (Wildman–Crippen LogP) is 1.49. The van der Waals surface area contributed by atoms with Gasteiger partial charge in [0.05, 0.1) is 6.54 Å². The van der Waals surface area contributed by atoms with Crippen molar-refractivity contribution in [3.05, 3.63) is 29.3 Å². The molecule has 0 saturated carbocycles. The van der Waals surface area contributed by atoms with Crippen LogP contribution in [0.5, 0.6) is 0 Å². The van der Waals surface area contributed by atoms with Crippen LogP contribution in [0.1, 0.15) is 31.4 Å². The first-order valence-electron chi connectivity index (χ1n) is 7.92. The van der Waals surface area contributed by atoms with Gasteiger partial charge in [-0.15, -0.1) is 0 Å². The van der Waals surface area contributed by atoms with Crippen molar-refractivity contribution in [1.82, 2.24) is 15.8 Å². The van der Waals surface area contributed by atoms with E-state index in [0.717, 1.165) is 21.8 Å². The van der Waals surface area contributed by atoms with Gasteiger partial charge in [0.2, 0.25) is 0 Å². The van der Waals surface area contributed by atoms with Gasteiger partial charge in [0.15, 0.2) is 0 Å². The second-order valence-corrected chi connectivity index (χ2v) is 6.44. The first kappa shape index (κ1) is 17.8. The van der Waals surface area contributed by atoms with Crippen molar-refractivity contribution in [2.24, 2.45) is 0 Å². The molecular weight excluding hydrogens is 308 g/mol.